The second-order valence-electron chi connectivity index (χ2n) is 6.14. The van der Waals surface area contributed by atoms with E-state index in [9.17, 15) is 10.1 Å². The average Bonchev–Trinajstić information content (AvgIpc) is 2.69. The van der Waals surface area contributed by atoms with Crippen LogP contribution < -0.4 is 10.5 Å². The van der Waals surface area contributed by atoms with Crippen molar-refractivity contribution in [3.05, 3.63) is 71.3 Å². The molecule has 0 saturated carbocycles. The van der Waals surface area contributed by atoms with Gasteiger partial charge in [-0.05, 0) is 37.6 Å². The topological polar surface area (TPSA) is 69.6 Å². The standard InChI is InChI=1S/C22H21N3O2/c1-3-25(4-2)19-11-10-17-13-18(15-23)22(27-20(17)14-19)24-21(26)12-16-8-6-5-7-9-16/h5-11,13-14H,3-4,12H2,1-2H3. The number of nitrogens with zero attached hydrogens (tertiary/aromatic N) is 3. The molecule has 136 valence electrons. The van der Waals surface area contributed by atoms with Crippen LogP contribution in [-0.4, -0.2) is 19.0 Å². The third kappa shape index (κ3) is 4.24. The van der Waals surface area contributed by atoms with Crippen LogP contribution in [0.15, 0.2) is 64.0 Å². The molecule has 3 rings (SSSR count). The number of carbonyl (C=O) groups excluding carboxylic acids is 1. The minimum absolute atomic E-state index is 0.0580. The van der Waals surface area contributed by atoms with E-state index >= 15 is 0 Å². The highest BCUT2D eigenvalue weighted by molar-refractivity contribution is 5.82. The highest BCUT2D eigenvalue weighted by Crippen LogP contribution is 2.21. The van der Waals surface area contributed by atoms with Crippen LogP contribution in [0.25, 0.3) is 11.0 Å². The van der Waals surface area contributed by atoms with Gasteiger partial charge in [0.15, 0.2) is 0 Å². The lowest BCUT2D eigenvalue weighted by atomic mass is 10.1. The zero-order chi connectivity index (χ0) is 19.2. The van der Waals surface area contributed by atoms with E-state index in [1.54, 1.807) is 6.07 Å². The van der Waals surface area contributed by atoms with Gasteiger partial charge in [0.05, 0.1) is 6.42 Å². The fourth-order valence-corrected chi connectivity index (χ4v) is 2.98. The Balaban J connectivity index is 2.02. The van der Waals surface area contributed by atoms with Crippen LogP contribution in [0.2, 0.25) is 0 Å². The number of nitriles is 1. The number of hydrogen-bond donors (Lipinski definition) is 0. The normalized spacial score (nSPS) is 11.4. The number of benzene rings is 2. The van der Waals surface area contributed by atoms with Crippen LogP contribution in [-0.2, 0) is 11.2 Å². The summed E-state index contributed by atoms with van der Waals surface area (Å²) in [6.07, 6.45) is 0.165. The molecular weight excluding hydrogens is 338 g/mol. The molecule has 0 saturated heterocycles. The van der Waals surface area contributed by atoms with Crippen LogP contribution in [0.3, 0.4) is 0 Å². The maximum absolute atomic E-state index is 12.3. The summed E-state index contributed by atoms with van der Waals surface area (Å²) in [6.45, 7) is 5.94. The Hall–Kier alpha value is -3.39. The molecule has 0 aliphatic carbocycles. The van der Waals surface area contributed by atoms with Crippen LogP contribution >= 0.6 is 0 Å². The summed E-state index contributed by atoms with van der Waals surface area (Å²) >= 11 is 0. The molecule has 0 unspecified atom stereocenters. The van der Waals surface area contributed by atoms with Gasteiger partial charge in [-0.15, -0.1) is 0 Å². The predicted molar refractivity (Wildman–Crippen MR) is 105 cm³/mol. The second-order valence-corrected chi connectivity index (χ2v) is 6.14. The van der Waals surface area contributed by atoms with E-state index in [2.05, 4.69) is 29.8 Å². The van der Waals surface area contributed by atoms with Crippen molar-refractivity contribution >= 4 is 22.6 Å². The average molecular weight is 359 g/mol. The zero-order valence-electron chi connectivity index (χ0n) is 15.5. The minimum atomic E-state index is -0.347. The molecule has 0 spiro atoms. The Kier molecular flexibility index (Phi) is 5.68. The molecule has 0 N–H and O–H groups in total. The van der Waals surface area contributed by atoms with Gasteiger partial charge < -0.3 is 9.32 Å². The highest BCUT2D eigenvalue weighted by Gasteiger charge is 2.09. The molecule has 0 atom stereocenters. The van der Waals surface area contributed by atoms with E-state index in [1.807, 2.05) is 48.5 Å². The molecule has 1 amide bonds. The van der Waals surface area contributed by atoms with Crippen molar-refractivity contribution in [1.29, 1.82) is 5.26 Å². The van der Waals surface area contributed by atoms with Gasteiger partial charge in [0.25, 0.3) is 5.91 Å². The fourth-order valence-electron chi connectivity index (χ4n) is 2.98. The third-order valence-corrected chi connectivity index (χ3v) is 4.41. The van der Waals surface area contributed by atoms with E-state index in [0.29, 0.717) is 5.58 Å². The van der Waals surface area contributed by atoms with Crippen LogP contribution in [0, 0.1) is 11.3 Å². The van der Waals surface area contributed by atoms with Crippen molar-refractivity contribution in [3.8, 4) is 6.07 Å². The first kappa shape index (κ1) is 18.4. The number of rotatable bonds is 5. The van der Waals surface area contributed by atoms with Gasteiger partial charge in [0, 0.05) is 30.2 Å². The van der Waals surface area contributed by atoms with Crippen LogP contribution in [0.5, 0.6) is 0 Å². The van der Waals surface area contributed by atoms with Crippen molar-refractivity contribution in [2.45, 2.75) is 20.3 Å². The number of anilines is 1. The minimum Gasteiger partial charge on any atom is -0.437 e. The Morgan fingerprint density at radius 1 is 1.11 bits per heavy atom. The van der Waals surface area contributed by atoms with Crippen LogP contribution in [0.4, 0.5) is 5.69 Å². The molecule has 27 heavy (non-hydrogen) atoms. The first-order chi connectivity index (χ1) is 13.1. The molecule has 0 aliphatic rings. The molecule has 0 aliphatic heterocycles. The van der Waals surface area contributed by atoms with Gasteiger partial charge in [-0.1, -0.05) is 30.3 Å². The lowest BCUT2D eigenvalue weighted by Gasteiger charge is -2.20. The van der Waals surface area contributed by atoms with E-state index in [4.69, 9.17) is 4.42 Å². The Labute approximate surface area is 158 Å². The van der Waals surface area contributed by atoms with Gasteiger partial charge in [0.1, 0.15) is 17.2 Å². The van der Waals surface area contributed by atoms with E-state index < -0.39 is 0 Å². The first-order valence-electron chi connectivity index (χ1n) is 8.99. The van der Waals surface area contributed by atoms with Crippen molar-refractivity contribution < 1.29 is 9.21 Å². The summed E-state index contributed by atoms with van der Waals surface area (Å²) in [5, 5.41) is 10.2. The SMILES string of the molecule is CCN(CC)c1ccc2cc(C#N)c(=NC(=O)Cc3ccccc3)oc2c1. The number of fused-ring (bicyclic) bond motifs is 1. The van der Waals surface area contributed by atoms with E-state index in [1.165, 1.54) is 0 Å². The van der Waals surface area contributed by atoms with E-state index in [0.717, 1.165) is 29.7 Å². The second kappa shape index (κ2) is 8.33. The van der Waals surface area contributed by atoms with Gasteiger partial charge in [0.2, 0.25) is 5.55 Å². The largest absolute Gasteiger partial charge is 0.437 e. The summed E-state index contributed by atoms with van der Waals surface area (Å²) in [6, 6.07) is 19.0. The summed E-state index contributed by atoms with van der Waals surface area (Å²) in [7, 11) is 0. The number of carbonyl (C=O) groups is 1. The van der Waals surface area contributed by atoms with Crippen LogP contribution in [0.1, 0.15) is 25.0 Å². The smallest absolute Gasteiger partial charge is 0.253 e. The summed E-state index contributed by atoms with van der Waals surface area (Å²) in [5.41, 5.74) is 2.81. The first-order valence-corrected chi connectivity index (χ1v) is 8.99. The Morgan fingerprint density at radius 3 is 2.52 bits per heavy atom. The monoisotopic (exact) mass is 359 g/mol. The number of amides is 1. The van der Waals surface area contributed by atoms with Crippen molar-refractivity contribution in [3.63, 3.8) is 0 Å². The fraction of sp³-hybridized carbons (Fsp3) is 0.227. The zero-order valence-corrected chi connectivity index (χ0v) is 15.5. The quantitative estimate of drug-likeness (QED) is 0.694. The van der Waals surface area contributed by atoms with Gasteiger partial charge in [-0.25, -0.2) is 0 Å². The Morgan fingerprint density at radius 2 is 1.85 bits per heavy atom. The molecule has 3 aromatic rings. The van der Waals surface area contributed by atoms with Crippen molar-refractivity contribution in [2.75, 3.05) is 18.0 Å². The van der Waals surface area contributed by atoms with Gasteiger partial charge in [-0.3, -0.25) is 4.79 Å². The van der Waals surface area contributed by atoms with Gasteiger partial charge in [-0.2, -0.15) is 10.3 Å². The lowest BCUT2D eigenvalue weighted by Crippen LogP contribution is -2.21. The predicted octanol–water partition coefficient (Wildman–Crippen LogP) is 3.82. The summed E-state index contributed by atoms with van der Waals surface area (Å²) in [5.74, 6) is -0.347. The lowest BCUT2D eigenvalue weighted by molar-refractivity contribution is -0.117. The molecular formula is C22H21N3O2. The van der Waals surface area contributed by atoms with E-state index in [-0.39, 0.29) is 23.4 Å². The molecule has 0 bridgehead atoms. The summed E-state index contributed by atoms with van der Waals surface area (Å²) < 4.78 is 5.84. The van der Waals surface area contributed by atoms with Crippen molar-refractivity contribution in [1.82, 2.24) is 0 Å². The maximum Gasteiger partial charge on any atom is 0.253 e. The molecule has 0 fully saturated rings. The highest BCUT2D eigenvalue weighted by atomic mass is 16.3. The molecule has 1 heterocycles. The maximum atomic E-state index is 12.3. The molecule has 5 nitrogen and oxygen atoms in total. The van der Waals surface area contributed by atoms with Gasteiger partial charge >= 0.3 is 0 Å². The summed E-state index contributed by atoms with van der Waals surface area (Å²) in [4.78, 5) is 18.6. The Bertz CT molecular complexity index is 1060. The third-order valence-electron chi connectivity index (χ3n) is 4.41. The molecule has 1 aromatic heterocycles. The molecule has 5 heteroatoms. The molecule has 2 aromatic carbocycles. The number of hydrogen-bond acceptors (Lipinski definition) is 4. The molecule has 0 radical (unpaired) electrons. The van der Waals surface area contributed by atoms with Crippen molar-refractivity contribution in [2.24, 2.45) is 4.99 Å².